The molecule has 0 aromatic carbocycles. The number of rotatable bonds is 25. The number of carbonyl (C=O) groups is 4. The Kier molecular flexibility index (Phi) is 41.5. The summed E-state index contributed by atoms with van der Waals surface area (Å²) in [7, 11) is -5.41. The molecule has 0 saturated heterocycles. The number of unbranched alkanes of at least 4 members (excludes halogenated alkanes) is 15. The van der Waals surface area contributed by atoms with E-state index in [1.807, 2.05) is 0 Å². The molecule has 0 heterocycles. The molecule has 0 aromatic rings. The maximum Gasteiger partial charge on any atom is 1.00 e. The third-order valence-corrected chi connectivity index (χ3v) is 7.60. The van der Waals surface area contributed by atoms with Gasteiger partial charge in [-0.15, -0.1) is 0 Å². The van der Waals surface area contributed by atoms with Gasteiger partial charge in [-0.05, 0) is 6.42 Å². The Morgan fingerprint density at radius 3 is 1.31 bits per heavy atom. The van der Waals surface area contributed by atoms with Gasteiger partial charge in [-0.3, -0.25) is 4.79 Å². The van der Waals surface area contributed by atoms with Crippen LogP contribution in [-0.4, -0.2) is 59.5 Å². The number of nitrogens with one attached hydrogen (secondary N) is 1. The molecule has 42 heavy (non-hydrogen) atoms. The first-order valence-corrected chi connectivity index (χ1v) is 15.3. The molecule has 0 aliphatic heterocycles. The Morgan fingerprint density at radius 1 is 0.667 bits per heavy atom. The minimum Gasteiger partial charge on any atom is -0.747 e. The van der Waals surface area contributed by atoms with Crippen LogP contribution in [0.15, 0.2) is 0 Å². The Morgan fingerprint density at radius 2 is 1.02 bits per heavy atom. The van der Waals surface area contributed by atoms with E-state index in [1.54, 1.807) is 0 Å². The minimum absolute atomic E-state index is 0. The fourth-order valence-electron chi connectivity index (χ4n) is 4.39. The first kappa shape index (κ1) is 53.3. The van der Waals surface area contributed by atoms with E-state index in [-0.39, 0.29) is 131 Å². The van der Waals surface area contributed by atoms with Gasteiger partial charge in [0, 0.05) is 25.4 Å². The molecule has 0 aromatic heterocycles. The number of carboxylic acids is 2. The Labute approximate surface area is 340 Å². The van der Waals surface area contributed by atoms with E-state index in [4.69, 9.17) is 5.73 Å². The summed E-state index contributed by atoms with van der Waals surface area (Å²) in [6.45, 7) is 1.87. The first-order chi connectivity index (χ1) is 17.9. The van der Waals surface area contributed by atoms with Gasteiger partial charge in [0.05, 0.1) is 17.9 Å². The van der Waals surface area contributed by atoms with E-state index in [1.165, 1.54) is 57.8 Å². The van der Waals surface area contributed by atoms with Gasteiger partial charge in [0.2, 0.25) is 5.91 Å². The summed E-state index contributed by atoms with van der Waals surface area (Å²) < 4.78 is 34.6. The van der Waals surface area contributed by atoms with Crippen LogP contribution in [0, 0.1) is 0 Å². The fourth-order valence-corrected chi connectivity index (χ4v) is 5.13. The van der Waals surface area contributed by atoms with Crippen molar-refractivity contribution in [2.75, 3.05) is 6.54 Å². The molecule has 0 saturated carbocycles. The largest absolute Gasteiger partial charge is 1.00 e. The molecule has 0 aliphatic carbocycles. The summed E-state index contributed by atoms with van der Waals surface area (Å²) in [5, 5.41) is 20.0. The number of aliphatic carboxylic acids is 2. The Bertz CT molecular complexity index is 837. The van der Waals surface area contributed by atoms with E-state index in [9.17, 15) is 42.4 Å². The molecule has 0 fully saturated rings. The summed E-state index contributed by atoms with van der Waals surface area (Å²) in [5.41, 5.74) is 6.91. The molecule has 16 heteroatoms. The fraction of sp³-hybridized carbons (Fsp3) is 0.846. The monoisotopic (exact) mass is 652 g/mol. The number of hydrogen-bond donors (Lipinski definition) is 0. The second-order valence-electron chi connectivity index (χ2n) is 9.85. The van der Waals surface area contributed by atoms with Crippen molar-refractivity contribution in [2.45, 2.75) is 134 Å². The standard InChI is InChI=1S/C26H48N2O9S.4Na/c1-2-3-4-5-6-7-8-9-10-11-12-13-14-15-16-17-18-28(21(26(33)34)19-24(30)31)25(32)22(20-23(27)29)38(35,36)37;;;;/h21-22H,2-20H2,1H3,(H5,27,29,30,31,33,34,35,36,37);;;;/q;4*+1/p-4. The molecule has 2 amide bonds. The molecule has 0 rings (SSSR count). The second kappa shape index (κ2) is 32.7. The maximum absolute atomic E-state index is 12.8. The number of carboxylic acid groups (broad SMARTS) is 2. The van der Waals surface area contributed by atoms with E-state index < -0.39 is 58.0 Å². The van der Waals surface area contributed by atoms with Crippen molar-refractivity contribution in [1.82, 2.24) is 4.90 Å². The summed E-state index contributed by atoms with van der Waals surface area (Å²) >= 11 is 0. The van der Waals surface area contributed by atoms with Gasteiger partial charge >= 0.3 is 118 Å². The zero-order valence-corrected chi connectivity index (χ0v) is 35.4. The number of carbonyl (C=O) groups excluding carboxylic acids is 4. The van der Waals surface area contributed by atoms with E-state index in [0.717, 1.165) is 32.1 Å². The summed E-state index contributed by atoms with van der Waals surface area (Å²) in [4.78, 5) is 46.8. The van der Waals surface area contributed by atoms with Crippen molar-refractivity contribution in [3.05, 3.63) is 5.73 Å². The second-order valence-corrected chi connectivity index (χ2v) is 11.4. The van der Waals surface area contributed by atoms with Crippen molar-refractivity contribution < 1.29 is 161 Å². The SMILES string of the molecule is CCCCCCCCCCCCCCCCCCN(C(=O)C(CC([NH-])=O)S(=O)(=O)[O-])C(CC(=O)[O-])C(=O)[O-].[Na+].[Na+].[Na+].[Na+]. The molecule has 0 aliphatic rings. The molecular weight excluding hydrogens is 608 g/mol. The van der Waals surface area contributed by atoms with Crippen LogP contribution in [0.2, 0.25) is 0 Å². The van der Waals surface area contributed by atoms with Gasteiger partial charge in [0.1, 0.15) is 15.4 Å². The smallest absolute Gasteiger partial charge is 0.747 e. The van der Waals surface area contributed by atoms with Crippen molar-refractivity contribution in [3.8, 4) is 0 Å². The molecule has 11 nitrogen and oxygen atoms in total. The molecule has 222 valence electrons. The van der Waals surface area contributed by atoms with Crippen LogP contribution in [0.4, 0.5) is 0 Å². The Balaban J connectivity index is -0.00000114. The molecule has 0 spiro atoms. The summed E-state index contributed by atoms with van der Waals surface area (Å²) in [6, 6.07) is -2.08. The zero-order chi connectivity index (χ0) is 29.0. The number of nitrogens with zero attached hydrogens (tertiary/aromatic N) is 1. The normalized spacial score (nSPS) is 11.9. The van der Waals surface area contributed by atoms with E-state index in [0.29, 0.717) is 11.3 Å². The predicted octanol–water partition coefficient (Wildman–Crippen LogP) is -9.77. The van der Waals surface area contributed by atoms with Crippen molar-refractivity contribution in [3.63, 3.8) is 0 Å². The molecular formula is C26H44N2Na4O9S. The topological polar surface area (TPSA) is 199 Å². The van der Waals surface area contributed by atoms with Crippen LogP contribution in [0.25, 0.3) is 5.73 Å². The molecule has 2 unspecified atom stereocenters. The third kappa shape index (κ3) is 28.0. The van der Waals surface area contributed by atoms with Gasteiger partial charge < -0.3 is 39.8 Å². The van der Waals surface area contributed by atoms with Gasteiger partial charge in [-0.2, -0.15) is 0 Å². The van der Waals surface area contributed by atoms with Gasteiger partial charge in [0.15, 0.2) is 0 Å². The maximum atomic E-state index is 12.8. The van der Waals surface area contributed by atoms with Crippen LogP contribution >= 0.6 is 0 Å². The molecule has 0 radical (unpaired) electrons. The van der Waals surface area contributed by atoms with E-state index in [2.05, 4.69) is 6.92 Å². The molecule has 2 atom stereocenters. The van der Waals surface area contributed by atoms with Gasteiger partial charge in [0.25, 0.3) is 0 Å². The molecule has 1 N–H and O–H groups in total. The van der Waals surface area contributed by atoms with Crippen molar-refractivity contribution >= 4 is 33.9 Å². The van der Waals surface area contributed by atoms with Crippen LogP contribution in [-0.2, 0) is 29.3 Å². The van der Waals surface area contributed by atoms with E-state index >= 15 is 0 Å². The Hall–Kier alpha value is 1.79. The average Bonchev–Trinajstić information content (AvgIpc) is 2.82. The quantitative estimate of drug-likeness (QED) is 0.0522. The van der Waals surface area contributed by atoms with Gasteiger partial charge in [-0.1, -0.05) is 103 Å². The zero-order valence-electron chi connectivity index (χ0n) is 26.6. The summed E-state index contributed by atoms with van der Waals surface area (Å²) in [5.74, 6) is -6.81. The summed E-state index contributed by atoms with van der Waals surface area (Å²) in [6.07, 6.45) is 14.9. The van der Waals surface area contributed by atoms with Crippen LogP contribution in [0.3, 0.4) is 0 Å². The van der Waals surface area contributed by atoms with Crippen molar-refractivity contribution in [2.24, 2.45) is 0 Å². The number of hydrogen-bond acceptors (Lipinski definition) is 9. The van der Waals surface area contributed by atoms with Crippen LogP contribution in [0.1, 0.15) is 122 Å². The van der Waals surface area contributed by atoms with Gasteiger partial charge in [-0.25, -0.2) is 8.42 Å². The number of amides is 2. The minimum atomic E-state index is -5.41. The predicted molar refractivity (Wildman–Crippen MR) is 137 cm³/mol. The third-order valence-electron chi connectivity index (χ3n) is 6.54. The van der Waals surface area contributed by atoms with Crippen LogP contribution in [0.5, 0.6) is 0 Å². The first-order valence-electron chi connectivity index (χ1n) is 13.8. The van der Waals surface area contributed by atoms with Crippen molar-refractivity contribution in [1.29, 1.82) is 0 Å². The van der Waals surface area contributed by atoms with Crippen LogP contribution < -0.4 is 128 Å². The molecule has 0 bridgehead atoms. The average molecular weight is 653 g/mol.